The fourth-order valence-corrected chi connectivity index (χ4v) is 4.78. The average molecular weight is 703 g/mol. The van der Waals surface area contributed by atoms with Crippen LogP contribution in [0.15, 0.2) is 0 Å². The molecule has 0 heterocycles. The van der Waals surface area contributed by atoms with Crippen LogP contribution >= 0.6 is 0 Å². The summed E-state index contributed by atoms with van der Waals surface area (Å²) in [5.41, 5.74) is 0. The van der Waals surface area contributed by atoms with Gasteiger partial charge in [0.05, 0.1) is 0 Å². The molecule has 0 aliphatic heterocycles. The van der Waals surface area contributed by atoms with E-state index in [0.717, 1.165) is 45.7 Å². The van der Waals surface area contributed by atoms with Gasteiger partial charge in [-0.3, -0.25) is 0 Å². The molecule has 0 aliphatic rings. The molecule has 0 saturated carbocycles. The van der Waals surface area contributed by atoms with Crippen molar-refractivity contribution in [2.75, 3.05) is 45.9 Å². The average Bonchev–Trinajstić information content (AvgIpc) is 3.07. The van der Waals surface area contributed by atoms with Crippen molar-refractivity contribution in [3.63, 3.8) is 0 Å². The summed E-state index contributed by atoms with van der Waals surface area (Å²) in [7, 11) is 0. The van der Waals surface area contributed by atoms with Gasteiger partial charge in [-0.15, -0.1) is 39.3 Å². The molecule has 0 spiro atoms. The van der Waals surface area contributed by atoms with Gasteiger partial charge in [0.2, 0.25) is 0 Å². The molecule has 0 atom stereocenters. The maximum Gasteiger partial charge on any atom is 3.00 e. The Morgan fingerprint density at radius 1 is 0.255 bits per heavy atom. The molecule has 0 amide bonds. The summed E-state index contributed by atoms with van der Waals surface area (Å²) in [5, 5.41) is 21.8. The van der Waals surface area contributed by atoms with E-state index in [2.05, 4.69) is 64.4 Å². The number of hydrogen-bond donors (Lipinski definition) is 1. The Labute approximate surface area is 315 Å². The van der Waals surface area contributed by atoms with Crippen LogP contribution in [0.2, 0.25) is 0 Å². The number of aliphatic hydroxyl groups excluding tert-OH is 1. The van der Waals surface area contributed by atoms with Gasteiger partial charge in [0.25, 0.3) is 0 Å². The number of rotatable bonds is 34. The van der Waals surface area contributed by atoms with Crippen molar-refractivity contribution in [1.29, 1.82) is 0 Å². The molecule has 0 rings (SSSR count). The molecule has 1 N–H and O–H groups in total. The van der Waals surface area contributed by atoms with Crippen molar-refractivity contribution < 1.29 is 26.8 Å². The summed E-state index contributed by atoms with van der Waals surface area (Å²) in [6.45, 7) is 22.7. The van der Waals surface area contributed by atoms with Crippen LogP contribution in [0.25, 0.3) is 16.0 Å². The van der Waals surface area contributed by atoms with Crippen LogP contribution in [-0.4, -0.2) is 51.0 Å². The molecule has 285 valence electrons. The molecule has 0 aromatic rings. The van der Waals surface area contributed by atoms with Crippen LogP contribution in [0.3, 0.4) is 0 Å². The second-order valence-electron chi connectivity index (χ2n) is 13.2. The van der Waals surface area contributed by atoms with Gasteiger partial charge in [-0.05, 0) is 6.42 Å². The van der Waals surface area contributed by atoms with E-state index in [0.29, 0.717) is 6.61 Å². The number of nitrogens with zero attached hydrogens (tertiary/aromatic N) is 3. The zero-order chi connectivity index (χ0) is 34.9. The molecule has 5 heteroatoms. The van der Waals surface area contributed by atoms with Crippen LogP contribution in [0.1, 0.15) is 228 Å². The van der Waals surface area contributed by atoms with Crippen molar-refractivity contribution >= 4 is 0 Å². The van der Waals surface area contributed by atoms with E-state index >= 15 is 0 Å². The number of aliphatic hydroxyl groups is 1. The molecule has 0 bridgehead atoms. The van der Waals surface area contributed by atoms with Crippen molar-refractivity contribution in [2.24, 2.45) is 0 Å². The van der Waals surface area contributed by atoms with E-state index in [-0.39, 0.29) is 21.7 Å². The van der Waals surface area contributed by atoms with Crippen molar-refractivity contribution in [1.82, 2.24) is 0 Å². The minimum Gasteiger partial charge on any atom is -0.662 e. The zero-order valence-corrected chi connectivity index (χ0v) is 35.6. The van der Waals surface area contributed by atoms with Gasteiger partial charge in [0, 0.05) is 6.61 Å². The maximum atomic E-state index is 8.29. The molecule has 0 aliphatic carbocycles. The molecular weight excluding hydrogens is 610 g/mol. The molecule has 4 nitrogen and oxygen atoms in total. The summed E-state index contributed by atoms with van der Waals surface area (Å²) in [4.78, 5) is 0. The Morgan fingerprint density at radius 2 is 0.426 bits per heavy atom. The minimum absolute atomic E-state index is 0. The Hall–Kier alpha value is 0.554. The van der Waals surface area contributed by atoms with Crippen molar-refractivity contribution in [3.05, 3.63) is 16.0 Å². The summed E-state index contributed by atoms with van der Waals surface area (Å²) in [6, 6.07) is 0. The van der Waals surface area contributed by atoms with Gasteiger partial charge < -0.3 is 21.1 Å². The molecule has 0 fully saturated rings. The number of hydrogen-bond acceptors (Lipinski definition) is 1. The molecule has 1 radical (unpaired) electrons. The van der Waals surface area contributed by atoms with Crippen molar-refractivity contribution in [3.8, 4) is 0 Å². The van der Waals surface area contributed by atoms with Gasteiger partial charge in [0.1, 0.15) is 0 Å². The third-order valence-corrected chi connectivity index (χ3v) is 8.03. The quantitative estimate of drug-likeness (QED) is 0.0526. The minimum atomic E-state index is 0. The molecule has 0 aromatic heterocycles. The molecule has 0 saturated heterocycles. The summed E-state index contributed by atoms with van der Waals surface area (Å²) in [6.07, 6.45) is 37.0. The fraction of sp³-hybridized carbons (Fsp3) is 1.00. The van der Waals surface area contributed by atoms with Crippen LogP contribution < -0.4 is 0 Å². The van der Waals surface area contributed by atoms with E-state index in [4.69, 9.17) is 5.11 Å². The Bertz CT molecular complexity index is 342. The predicted octanol–water partition coefficient (Wildman–Crippen LogP) is 15.1. The summed E-state index contributed by atoms with van der Waals surface area (Å²) >= 11 is 0. The van der Waals surface area contributed by atoms with Gasteiger partial charge in [-0.25, -0.2) is 0 Å². The normalized spacial score (nSPS) is 10.2. The third-order valence-electron chi connectivity index (χ3n) is 8.03. The molecule has 47 heavy (non-hydrogen) atoms. The standard InChI is InChI=1S/3C12H26N.C6H14O.Ti/c3*1-3-5-7-9-11-13-12-10-8-6-4-2;1-2-3-4-5-6-7;/h3*3-12H2,1-2H3;7H,2-6H2,1H3;/q3*-1;;+3. The Morgan fingerprint density at radius 3 is 0.574 bits per heavy atom. The fourth-order valence-electron chi connectivity index (χ4n) is 4.78. The first-order valence-electron chi connectivity index (χ1n) is 21.2. The second kappa shape index (κ2) is 65.0. The first-order chi connectivity index (χ1) is 22.7. The summed E-state index contributed by atoms with van der Waals surface area (Å²) in [5.74, 6) is 0. The predicted molar refractivity (Wildman–Crippen MR) is 215 cm³/mol. The van der Waals surface area contributed by atoms with Crippen LogP contribution in [0, 0.1) is 0 Å². The smallest absolute Gasteiger partial charge is 0.662 e. The van der Waals surface area contributed by atoms with E-state index in [9.17, 15) is 0 Å². The van der Waals surface area contributed by atoms with E-state index in [1.54, 1.807) is 0 Å². The Balaban J connectivity index is -0.000000169. The monoisotopic (exact) mass is 703 g/mol. The Kier molecular flexibility index (Phi) is 78.7. The second-order valence-corrected chi connectivity index (χ2v) is 13.2. The van der Waals surface area contributed by atoms with E-state index in [1.807, 2.05) is 0 Å². The van der Waals surface area contributed by atoms with Gasteiger partial charge in [0.15, 0.2) is 0 Å². The van der Waals surface area contributed by atoms with Gasteiger partial charge in [-0.1, -0.05) is 222 Å². The van der Waals surface area contributed by atoms with Crippen LogP contribution in [-0.2, 0) is 21.7 Å². The SMILES string of the molecule is CCCCCCO.CCCCCC[N-]CCCCCC.CCCCCC[N-]CCCCCC.CCCCCC[N-]CCCCCC.[Ti+3]. The van der Waals surface area contributed by atoms with Crippen molar-refractivity contribution in [2.45, 2.75) is 228 Å². The van der Waals surface area contributed by atoms with Gasteiger partial charge in [-0.2, -0.15) is 0 Å². The maximum absolute atomic E-state index is 8.29. The first-order valence-corrected chi connectivity index (χ1v) is 21.2. The molecule has 0 unspecified atom stereocenters. The zero-order valence-electron chi connectivity index (χ0n) is 34.0. The first kappa shape index (κ1) is 56.9. The molecule has 0 aromatic carbocycles. The van der Waals surface area contributed by atoms with Crippen LogP contribution in [0.5, 0.6) is 0 Å². The number of unbranched alkanes of at least 4 members (excludes halogenated alkanes) is 21. The third kappa shape index (κ3) is 77.4. The van der Waals surface area contributed by atoms with E-state index in [1.165, 1.54) is 173 Å². The van der Waals surface area contributed by atoms with Gasteiger partial charge >= 0.3 is 21.7 Å². The largest absolute Gasteiger partial charge is 3.00 e. The van der Waals surface area contributed by atoms with Crippen LogP contribution in [0.4, 0.5) is 0 Å². The van der Waals surface area contributed by atoms with E-state index < -0.39 is 0 Å². The topological polar surface area (TPSA) is 62.5 Å². The summed E-state index contributed by atoms with van der Waals surface area (Å²) < 4.78 is 0. The molecular formula is C42H92N3OTi.